The lowest BCUT2D eigenvalue weighted by Gasteiger charge is -2.06. The SMILES string of the molecule is O=C1c2ccccc2N(F)C1F. The molecule has 1 atom stereocenters. The van der Waals surface area contributed by atoms with Crippen LogP contribution in [0.15, 0.2) is 24.3 Å². The third-order valence-electron chi connectivity index (χ3n) is 1.82. The van der Waals surface area contributed by atoms with Crippen LogP contribution in [0.25, 0.3) is 0 Å². The van der Waals surface area contributed by atoms with Gasteiger partial charge in [0.05, 0.1) is 5.69 Å². The van der Waals surface area contributed by atoms with Gasteiger partial charge in [-0.1, -0.05) is 16.6 Å². The molecule has 2 nitrogen and oxygen atoms in total. The second-order valence-corrected chi connectivity index (χ2v) is 2.53. The van der Waals surface area contributed by atoms with Gasteiger partial charge in [-0.3, -0.25) is 4.79 Å². The number of rotatable bonds is 0. The van der Waals surface area contributed by atoms with Crippen LogP contribution in [0.1, 0.15) is 10.4 Å². The summed E-state index contributed by atoms with van der Waals surface area (Å²) >= 11 is 0. The minimum Gasteiger partial charge on any atom is -0.288 e. The lowest BCUT2D eigenvalue weighted by molar-refractivity contribution is 0.0856. The molecule has 1 aromatic carbocycles. The Hall–Kier alpha value is -1.45. The van der Waals surface area contributed by atoms with Gasteiger partial charge in [-0.2, -0.15) is 5.12 Å². The molecule has 1 heterocycles. The number of benzene rings is 1. The number of halogens is 2. The lowest BCUT2D eigenvalue weighted by atomic mass is 10.1. The Morgan fingerprint density at radius 2 is 2.00 bits per heavy atom. The van der Waals surface area contributed by atoms with Crippen LogP contribution in [0.2, 0.25) is 0 Å². The molecule has 1 aromatic rings. The van der Waals surface area contributed by atoms with Gasteiger partial charge < -0.3 is 0 Å². The van der Waals surface area contributed by atoms with Crippen molar-refractivity contribution in [3.63, 3.8) is 0 Å². The number of alkyl halides is 1. The van der Waals surface area contributed by atoms with Crippen molar-refractivity contribution >= 4 is 11.5 Å². The summed E-state index contributed by atoms with van der Waals surface area (Å²) in [7, 11) is 0. The quantitative estimate of drug-likeness (QED) is 0.436. The van der Waals surface area contributed by atoms with Crippen LogP contribution in [0.4, 0.5) is 14.6 Å². The van der Waals surface area contributed by atoms with Crippen LogP contribution in [0, 0.1) is 0 Å². The lowest BCUT2D eigenvalue weighted by Crippen LogP contribution is -2.22. The van der Waals surface area contributed by atoms with Gasteiger partial charge in [0.1, 0.15) is 0 Å². The zero-order chi connectivity index (χ0) is 8.72. The first-order chi connectivity index (χ1) is 5.72. The first kappa shape index (κ1) is 7.21. The molecule has 0 radical (unpaired) electrons. The van der Waals surface area contributed by atoms with Crippen LogP contribution in [-0.4, -0.2) is 12.1 Å². The van der Waals surface area contributed by atoms with E-state index in [0.717, 1.165) is 0 Å². The zero-order valence-corrected chi connectivity index (χ0v) is 6.00. The Balaban J connectivity index is 2.59. The molecule has 2 rings (SSSR count). The molecule has 0 saturated carbocycles. The number of hydrogen-bond donors (Lipinski definition) is 0. The molecule has 1 unspecified atom stereocenters. The Kier molecular flexibility index (Phi) is 1.36. The number of carbonyl (C=O) groups is 1. The maximum Gasteiger partial charge on any atom is 0.262 e. The van der Waals surface area contributed by atoms with E-state index in [1.54, 1.807) is 12.1 Å². The summed E-state index contributed by atoms with van der Waals surface area (Å²) in [5, 5.41) is -0.155. The van der Waals surface area contributed by atoms with Crippen molar-refractivity contribution in [1.82, 2.24) is 0 Å². The zero-order valence-electron chi connectivity index (χ0n) is 6.00. The fourth-order valence-corrected chi connectivity index (χ4v) is 1.22. The van der Waals surface area contributed by atoms with Gasteiger partial charge in [-0.25, -0.2) is 4.39 Å². The minimum absolute atomic E-state index is 0.00926. The number of Topliss-reactive ketones (excluding diaryl/α,β-unsaturated/α-hetero) is 1. The second-order valence-electron chi connectivity index (χ2n) is 2.53. The van der Waals surface area contributed by atoms with E-state index < -0.39 is 12.1 Å². The van der Waals surface area contributed by atoms with Crippen molar-refractivity contribution in [3.05, 3.63) is 29.8 Å². The van der Waals surface area contributed by atoms with E-state index >= 15 is 0 Å². The van der Waals surface area contributed by atoms with Crippen molar-refractivity contribution in [1.29, 1.82) is 0 Å². The Bertz CT molecular complexity index is 340. The third-order valence-corrected chi connectivity index (χ3v) is 1.82. The number of nitrogens with zero attached hydrogens (tertiary/aromatic N) is 1. The molecular weight excluding hydrogens is 164 g/mol. The van der Waals surface area contributed by atoms with E-state index in [-0.39, 0.29) is 16.4 Å². The van der Waals surface area contributed by atoms with Crippen molar-refractivity contribution in [2.75, 3.05) is 5.12 Å². The van der Waals surface area contributed by atoms with E-state index in [4.69, 9.17) is 0 Å². The van der Waals surface area contributed by atoms with E-state index in [0.29, 0.717) is 0 Å². The number of para-hydroxylation sites is 1. The fraction of sp³-hybridized carbons (Fsp3) is 0.125. The topological polar surface area (TPSA) is 20.3 Å². The van der Waals surface area contributed by atoms with Crippen molar-refractivity contribution in [3.8, 4) is 0 Å². The highest BCUT2D eigenvalue weighted by Crippen LogP contribution is 2.32. The molecular formula is C8H5F2NO. The van der Waals surface area contributed by atoms with Gasteiger partial charge in [-0.15, -0.1) is 0 Å². The number of ketones is 1. The van der Waals surface area contributed by atoms with Gasteiger partial charge in [0.15, 0.2) is 0 Å². The average Bonchev–Trinajstić information content (AvgIpc) is 2.33. The van der Waals surface area contributed by atoms with Gasteiger partial charge in [0.25, 0.3) is 6.30 Å². The summed E-state index contributed by atoms with van der Waals surface area (Å²) in [6.45, 7) is 0. The van der Waals surface area contributed by atoms with E-state index in [1.165, 1.54) is 12.1 Å². The van der Waals surface area contributed by atoms with Gasteiger partial charge >= 0.3 is 0 Å². The minimum atomic E-state index is -2.16. The number of fused-ring (bicyclic) bond motifs is 1. The summed E-state index contributed by atoms with van der Waals surface area (Å²) in [6, 6.07) is 5.90. The molecule has 62 valence electrons. The number of hydrogen-bond acceptors (Lipinski definition) is 2. The van der Waals surface area contributed by atoms with Crippen LogP contribution in [-0.2, 0) is 0 Å². The van der Waals surface area contributed by atoms with Crippen LogP contribution in [0.3, 0.4) is 0 Å². The molecule has 0 aromatic heterocycles. The highest BCUT2D eigenvalue weighted by Gasteiger charge is 2.37. The van der Waals surface area contributed by atoms with E-state index in [2.05, 4.69) is 0 Å². The van der Waals surface area contributed by atoms with Crippen molar-refractivity contribution in [2.45, 2.75) is 6.30 Å². The average molecular weight is 169 g/mol. The van der Waals surface area contributed by atoms with Crippen LogP contribution in [0.5, 0.6) is 0 Å². The summed E-state index contributed by atoms with van der Waals surface area (Å²) in [5.74, 6) is -0.812. The molecule has 4 heteroatoms. The summed E-state index contributed by atoms with van der Waals surface area (Å²) < 4.78 is 25.5. The molecule has 0 saturated heterocycles. The maximum absolute atomic E-state index is 12.8. The van der Waals surface area contributed by atoms with Crippen LogP contribution >= 0.6 is 0 Å². The third kappa shape index (κ3) is 0.747. The molecule has 0 aliphatic carbocycles. The highest BCUT2D eigenvalue weighted by atomic mass is 19.2. The van der Waals surface area contributed by atoms with Gasteiger partial charge in [0.2, 0.25) is 5.78 Å². The Morgan fingerprint density at radius 1 is 1.33 bits per heavy atom. The van der Waals surface area contributed by atoms with E-state index in [1.807, 2.05) is 0 Å². The molecule has 12 heavy (non-hydrogen) atoms. The molecule has 1 aliphatic heterocycles. The first-order valence-electron chi connectivity index (χ1n) is 3.44. The van der Waals surface area contributed by atoms with Gasteiger partial charge in [0, 0.05) is 5.56 Å². The molecule has 0 bridgehead atoms. The normalized spacial score (nSPS) is 21.3. The molecule has 0 spiro atoms. The number of anilines is 1. The maximum atomic E-state index is 12.8. The number of carbonyl (C=O) groups excluding carboxylic acids is 1. The molecule has 0 fully saturated rings. The Morgan fingerprint density at radius 3 is 2.67 bits per heavy atom. The second kappa shape index (κ2) is 2.27. The largest absolute Gasteiger partial charge is 0.288 e. The van der Waals surface area contributed by atoms with Crippen molar-refractivity contribution < 1.29 is 13.7 Å². The Labute approximate surface area is 67.3 Å². The monoisotopic (exact) mass is 169 g/mol. The summed E-state index contributed by atoms with van der Waals surface area (Å²) in [5.41, 5.74) is 0.113. The first-order valence-corrected chi connectivity index (χ1v) is 3.44. The van der Waals surface area contributed by atoms with E-state index in [9.17, 15) is 13.7 Å². The predicted octanol–water partition coefficient (Wildman–Crippen LogP) is 1.87. The van der Waals surface area contributed by atoms with Crippen LogP contribution < -0.4 is 5.12 Å². The van der Waals surface area contributed by atoms with Crippen molar-refractivity contribution in [2.24, 2.45) is 0 Å². The fourth-order valence-electron chi connectivity index (χ4n) is 1.22. The molecule has 0 N–H and O–H groups in total. The summed E-state index contributed by atoms with van der Waals surface area (Å²) in [6.07, 6.45) is -2.16. The standard InChI is InChI=1S/C8H5F2NO/c9-8-7(12)5-3-1-2-4-6(5)11(8)10/h1-4,8H. The van der Waals surface area contributed by atoms with Gasteiger partial charge in [-0.05, 0) is 12.1 Å². The molecule has 1 aliphatic rings. The predicted molar refractivity (Wildman–Crippen MR) is 39.3 cm³/mol. The smallest absolute Gasteiger partial charge is 0.262 e. The summed E-state index contributed by atoms with van der Waals surface area (Å²) in [4.78, 5) is 11.0. The molecule has 0 amide bonds. The highest BCUT2D eigenvalue weighted by molar-refractivity contribution is 6.09.